The lowest BCUT2D eigenvalue weighted by molar-refractivity contribution is 0.0955. The maximum Gasteiger partial charge on any atom is 0.271 e. The summed E-state index contributed by atoms with van der Waals surface area (Å²) in [5.41, 5.74) is 3.81. The number of carbonyl (C=O) groups excluding carboxylic acids is 1. The molecule has 0 bridgehead atoms. The topological polar surface area (TPSA) is 50.7 Å². The van der Waals surface area contributed by atoms with Crippen molar-refractivity contribution >= 4 is 28.1 Å². The second-order valence-corrected chi connectivity index (χ2v) is 4.87. The molecule has 0 fully saturated rings. The first-order chi connectivity index (χ1) is 9.70. The Bertz CT molecular complexity index is 627. The van der Waals surface area contributed by atoms with Crippen molar-refractivity contribution in [1.29, 1.82) is 0 Å². The average Bonchev–Trinajstić information content (AvgIpc) is 2.48. The Labute approximate surface area is 125 Å². The van der Waals surface area contributed by atoms with Gasteiger partial charge in [0, 0.05) is 15.6 Å². The zero-order chi connectivity index (χ0) is 14.4. The van der Waals surface area contributed by atoms with Crippen LogP contribution in [-0.2, 0) is 0 Å². The minimum Gasteiger partial charge on any atom is -0.496 e. The molecule has 0 heterocycles. The highest BCUT2D eigenvalue weighted by Crippen LogP contribution is 2.21. The van der Waals surface area contributed by atoms with Gasteiger partial charge in [-0.15, -0.1) is 0 Å². The lowest BCUT2D eigenvalue weighted by Gasteiger charge is -2.04. The van der Waals surface area contributed by atoms with E-state index in [4.69, 9.17) is 4.74 Å². The van der Waals surface area contributed by atoms with Crippen molar-refractivity contribution in [2.24, 2.45) is 5.10 Å². The summed E-state index contributed by atoms with van der Waals surface area (Å²) in [6.45, 7) is 0. The van der Waals surface area contributed by atoms with Crippen molar-refractivity contribution in [3.05, 3.63) is 64.1 Å². The highest BCUT2D eigenvalue weighted by Gasteiger charge is 2.03. The van der Waals surface area contributed by atoms with E-state index >= 15 is 0 Å². The number of methoxy groups -OCH3 is 1. The van der Waals surface area contributed by atoms with Crippen LogP contribution in [0.4, 0.5) is 0 Å². The number of nitrogens with zero attached hydrogens (tertiary/aromatic N) is 1. The molecule has 2 aromatic carbocycles. The fraction of sp³-hybridized carbons (Fsp3) is 0.0667. The Morgan fingerprint density at radius 1 is 1.25 bits per heavy atom. The lowest BCUT2D eigenvalue weighted by Crippen LogP contribution is -2.17. The van der Waals surface area contributed by atoms with Gasteiger partial charge >= 0.3 is 0 Å². The van der Waals surface area contributed by atoms with E-state index in [1.807, 2.05) is 24.3 Å². The van der Waals surface area contributed by atoms with Gasteiger partial charge in [0.15, 0.2) is 0 Å². The number of nitrogens with one attached hydrogen (secondary N) is 1. The monoisotopic (exact) mass is 332 g/mol. The summed E-state index contributed by atoms with van der Waals surface area (Å²) >= 11 is 3.38. The van der Waals surface area contributed by atoms with E-state index in [9.17, 15) is 4.79 Å². The molecule has 102 valence electrons. The lowest BCUT2D eigenvalue weighted by atomic mass is 10.2. The number of hydrogen-bond acceptors (Lipinski definition) is 3. The number of hydrogen-bond donors (Lipinski definition) is 1. The summed E-state index contributed by atoms with van der Waals surface area (Å²) in [6.07, 6.45) is 1.55. The first-order valence-electron chi connectivity index (χ1n) is 5.92. The summed E-state index contributed by atoms with van der Waals surface area (Å²) in [6, 6.07) is 14.5. The van der Waals surface area contributed by atoms with E-state index in [2.05, 4.69) is 26.5 Å². The van der Waals surface area contributed by atoms with Gasteiger partial charge in [-0.3, -0.25) is 4.79 Å². The van der Waals surface area contributed by atoms with E-state index in [-0.39, 0.29) is 5.91 Å². The Hall–Kier alpha value is -2.14. The maximum absolute atomic E-state index is 11.8. The van der Waals surface area contributed by atoms with Crippen LogP contribution < -0.4 is 10.2 Å². The first kappa shape index (κ1) is 14.3. The smallest absolute Gasteiger partial charge is 0.271 e. The number of amides is 1. The number of benzene rings is 2. The van der Waals surface area contributed by atoms with Crippen LogP contribution in [0.15, 0.2) is 58.1 Å². The fourth-order valence-electron chi connectivity index (χ4n) is 1.62. The molecule has 4 nitrogen and oxygen atoms in total. The SMILES string of the molecule is COc1ccc(Br)cc1/C=N/NC(=O)c1ccccc1. The molecule has 0 spiro atoms. The van der Waals surface area contributed by atoms with E-state index in [1.165, 1.54) is 0 Å². The minimum absolute atomic E-state index is 0.254. The van der Waals surface area contributed by atoms with Gasteiger partial charge in [0.1, 0.15) is 5.75 Å². The maximum atomic E-state index is 11.8. The van der Waals surface area contributed by atoms with Crippen molar-refractivity contribution in [2.45, 2.75) is 0 Å². The van der Waals surface area contributed by atoms with Crippen LogP contribution in [0.5, 0.6) is 5.75 Å². The molecule has 1 N–H and O–H groups in total. The summed E-state index contributed by atoms with van der Waals surface area (Å²) in [5, 5.41) is 3.94. The van der Waals surface area contributed by atoms with Crippen LogP contribution in [0.25, 0.3) is 0 Å². The molecule has 0 atom stereocenters. The van der Waals surface area contributed by atoms with Gasteiger partial charge < -0.3 is 4.74 Å². The van der Waals surface area contributed by atoms with Crippen molar-refractivity contribution in [2.75, 3.05) is 7.11 Å². The van der Waals surface area contributed by atoms with Gasteiger partial charge in [-0.2, -0.15) is 5.10 Å². The number of halogens is 1. The van der Waals surface area contributed by atoms with Gasteiger partial charge in [-0.25, -0.2) is 5.43 Å². The van der Waals surface area contributed by atoms with Gasteiger partial charge in [-0.05, 0) is 30.3 Å². The molecule has 0 aromatic heterocycles. The summed E-state index contributed by atoms with van der Waals surface area (Å²) < 4.78 is 6.13. The molecule has 0 aliphatic carbocycles. The summed E-state index contributed by atoms with van der Waals surface area (Å²) in [7, 11) is 1.59. The zero-order valence-electron chi connectivity index (χ0n) is 10.8. The largest absolute Gasteiger partial charge is 0.496 e. The van der Waals surface area contributed by atoms with Crippen molar-refractivity contribution in [1.82, 2.24) is 5.43 Å². The molecule has 0 radical (unpaired) electrons. The third kappa shape index (κ3) is 3.68. The third-order valence-corrected chi connectivity index (χ3v) is 3.09. The number of rotatable bonds is 4. The molecule has 1 amide bonds. The molecular weight excluding hydrogens is 320 g/mol. The number of carbonyl (C=O) groups is 1. The van der Waals surface area contributed by atoms with E-state index < -0.39 is 0 Å². The molecule has 0 saturated carbocycles. The average molecular weight is 333 g/mol. The standard InChI is InChI=1S/C15H13BrN2O2/c1-20-14-8-7-13(16)9-12(14)10-17-18-15(19)11-5-3-2-4-6-11/h2-10H,1H3,(H,18,19)/b17-10+. The van der Waals surface area contributed by atoms with Gasteiger partial charge in [-0.1, -0.05) is 34.1 Å². The predicted molar refractivity (Wildman–Crippen MR) is 82.2 cm³/mol. The van der Waals surface area contributed by atoms with Crippen LogP contribution in [0.3, 0.4) is 0 Å². The van der Waals surface area contributed by atoms with E-state index in [0.717, 1.165) is 10.0 Å². The molecule has 0 unspecified atom stereocenters. The van der Waals surface area contributed by atoms with E-state index in [0.29, 0.717) is 11.3 Å². The number of ether oxygens (including phenoxy) is 1. The predicted octanol–water partition coefficient (Wildman–Crippen LogP) is 3.22. The Kier molecular flexibility index (Phi) is 4.90. The molecule has 0 aliphatic rings. The van der Waals surface area contributed by atoms with Crippen molar-refractivity contribution < 1.29 is 9.53 Å². The normalized spacial score (nSPS) is 10.5. The Morgan fingerprint density at radius 2 is 2.00 bits per heavy atom. The highest BCUT2D eigenvalue weighted by molar-refractivity contribution is 9.10. The molecule has 2 aromatic rings. The quantitative estimate of drug-likeness (QED) is 0.690. The Morgan fingerprint density at radius 3 is 2.70 bits per heavy atom. The van der Waals surface area contributed by atoms with Gasteiger partial charge in [0.2, 0.25) is 0 Å². The Balaban J connectivity index is 2.07. The molecule has 5 heteroatoms. The number of hydrazone groups is 1. The van der Waals surface area contributed by atoms with Crippen LogP contribution >= 0.6 is 15.9 Å². The molecular formula is C15H13BrN2O2. The van der Waals surface area contributed by atoms with Gasteiger partial charge in [0.25, 0.3) is 5.91 Å². The van der Waals surface area contributed by atoms with Crippen LogP contribution in [-0.4, -0.2) is 19.2 Å². The fourth-order valence-corrected chi connectivity index (χ4v) is 2.00. The van der Waals surface area contributed by atoms with Crippen molar-refractivity contribution in [3.63, 3.8) is 0 Å². The summed E-state index contributed by atoms with van der Waals surface area (Å²) in [5.74, 6) is 0.432. The second-order valence-electron chi connectivity index (χ2n) is 3.95. The van der Waals surface area contributed by atoms with Crippen molar-refractivity contribution in [3.8, 4) is 5.75 Å². The summed E-state index contributed by atoms with van der Waals surface area (Å²) in [4.78, 5) is 11.8. The van der Waals surface area contributed by atoms with Crippen LogP contribution in [0, 0.1) is 0 Å². The molecule has 0 saturated heterocycles. The van der Waals surface area contributed by atoms with Crippen LogP contribution in [0.1, 0.15) is 15.9 Å². The molecule has 2 rings (SSSR count). The highest BCUT2D eigenvalue weighted by atomic mass is 79.9. The van der Waals surface area contributed by atoms with Crippen LogP contribution in [0.2, 0.25) is 0 Å². The first-order valence-corrected chi connectivity index (χ1v) is 6.72. The van der Waals surface area contributed by atoms with E-state index in [1.54, 1.807) is 37.6 Å². The molecule has 0 aliphatic heterocycles. The minimum atomic E-state index is -0.254. The zero-order valence-corrected chi connectivity index (χ0v) is 12.4. The third-order valence-electron chi connectivity index (χ3n) is 2.60. The molecule has 20 heavy (non-hydrogen) atoms. The second kappa shape index (κ2) is 6.86. The van der Waals surface area contributed by atoms with Gasteiger partial charge in [0.05, 0.1) is 13.3 Å².